The van der Waals surface area contributed by atoms with Gasteiger partial charge in [-0.2, -0.15) is 0 Å². The number of pyridine rings is 1. The predicted octanol–water partition coefficient (Wildman–Crippen LogP) is 6.62. The first-order valence-corrected chi connectivity index (χ1v) is 15.7. The summed E-state index contributed by atoms with van der Waals surface area (Å²) in [6.07, 6.45) is 3.88. The van der Waals surface area contributed by atoms with Gasteiger partial charge >= 0.3 is 12.1 Å². The number of hydrogen-bond donors (Lipinski definition) is 2. The first kappa shape index (κ1) is 32.9. The van der Waals surface area contributed by atoms with Gasteiger partial charge in [-0.05, 0) is 68.8 Å². The molecule has 3 heterocycles. The van der Waals surface area contributed by atoms with Gasteiger partial charge in [0.2, 0.25) is 0 Å². The Bertz CT molecular complexity index is 1850. The van der Waals surface area contributed by atoms with Crippen molar-refractivity contribution in [1.82, 2.24) is 19.7 Å². The number of aromatic nitrogens is 4. The maximum Gasteiger partial charge on any atom is 0.412 e. The molecule has 0 fully saturated rings. The monoisotopic (exact) mass is 641 g/mol. The van der Waals surface area contributed by atoms with Crippen LogP contribution in [0.25, 0.3) is 22.0 Å². The molecule has 2 amide bonds. The standard InChI is InChI=1S/C34H39N7O6/c1-5-7-10-19-46-34(44)38-31-25-21-24(13-15-28(25)47-39-31)36-22(3)32-37-26-20-23(12-14-27(26)40(32)4)33(43)41(18-16-30(42)45-6-2)29-11-8-9-17-35-29/h8-9,11-15,17,20-22,36H,5-7,10,16,18-19H2,1-4H3,(H,38,39,44). The van der Waals surface area contributed by atoms with E-state index in [4.69, 9.17) is 19.0 Å². The van der Waals surface area contributed by atoms with Crippen LogP contribution in [0.5, 0.6) is 0 Å². The number of ether oxygens (including phenoxy) is 2. The van der Waals surface area contributed by atoms with Crippen molar-refractivity contribution < 1.29 is 28.4 Å². The molecule has 2 aromatic carbocycles. The number of benzene rings is 2. The Morgan fingerprint density at radius 3 is 2.66 bits per heavy atom. The number of carbonyl (C=O) groups is 3. The highest BCUT2D eigenvalue weighted by atomic mass is 16.5. The molecule has 0 bridgehead atoms. The van der Waals surface area contributed by atoms with Crippen molar-refractivity contribution in [3.63, 3.8) is 0 Å². The lowest BCUT2D eigenvalue weighted by atomic mass is 10.1. The third kappa shape index (κ3) is 7.86. The fourth-order valence-electron chi connectivity index (χ4n) is 5.25. The van der Waals surface area contributed by atoms with E-state index in [1.807, 2.05) is 36.7 Å². The van der Waals surface area contributed by atoms with E-state index in [-0.39, 0.29) is 43.3 Å². The molecule has 0 radical (unpaired) electrons. The summed E-state index contributed by atoms with van der Waals surface area (Å²) in [6, 6.07) is 15.9. The second-order valence-corrected chi connectivity index (χ2v) is 11.0. The molecule has 0 aliphatic heterocycles. The number of esters is 1. The van der Waals surface area contributed by atoms with Crippen molar-refractivity contribution >= 4 is 57.3 Å². The van der Waals surface area contributed by atoms with E-state index in [2.05, 4.69) is 27.7 Å². The number of rotatable bonds is 14. The van der Waals surface area contributed by atoms with E-state index in [0.717, 1.165) is 36.3 Å². The van der Waals surface area contributed by atoms with Gasteiger partial charge in [0.05, 0.1) is 42.1 Å². The lowest BCUT2D eigenvalue weighted by Gasteiger charge is -2.21. The quantitative estimate of drug-likeness (QED) is 0.0999. The van der Waals surface area contributed by atoms with Crippen molar-refractivity contribution in [2.75, 3.05) is 35.3 Å². The number of hydrogen-bond acceptors (Lipinski definition) is 10. The Morgan fingerprint density at radius 2 is 1.89 bits per heavy atom. The van der Waals surface area contributed by atoms with Crippen molar-refractivity contribution in [3.8, 4) is 0 Å². The molecule has 246 valence electrons. The smallest absolute Gasteiger partial charge is 0.412 e. The fraction of sp³-hybridized carbons (Fsp3) is 0.353. The SMILES string of the molecule is CCCCCOC(=O)Nc1noc2ccc(NC(C)c3nc4cc(C(=O)N(CCC(=O)OCC)c5ccccn5)ccc4n3C)cc12. The Labute approximate surface area is 272 Å². The summed E-state index contributed by atoms with van der Waals surface area (Å²) in [5.74, 6) is 0.771. The van der Waals surface area contributed by atoms with E-state index < -0.39 is 6.09 Å². The maximum atomic E-state index is 13.7. The first-order chi connectivity index (χ1) is 22.8. The first-order valence-electron chi connectivity index (χ1n) is 15.7. The summed E-state index contributed by atoms with van der Waals surface area (Å²) >= 11 is 0. The minimum atomic E-state index is -0.581. The summed E-state index contributed by atoms with van der Waals surface area (Å²) in [5, 5.41) is 10.7. The van der Waals surface area contributed by atoms with E-state index in [1.165, 1.54) is 4.90 Å². The molecule has 5 rings (SSSR count). The zero-order chi connectivity index (χ0) is 33.3. The molecular formula is C34H39N7O6. The topological polar surface area (TPSA) is 154 Å². The highest BCUT2D eigenvalue weighted by Gasteiger charge is 2.23. The molecule has 5 aromatic rings. The Hall–Kier alpha value is -5.46. The number of fused-ring (bicyclic) bond motifs is 2. The van der Waals surface area contributed by atoms with E-state index in [0.29, 0.717) is 34.5 Å². The molecule has 0 aliphatic rings. The molecule has 0 saturated carbocycles. The molecule has 0 aliphatic carbocycles. The zero-order valence-electron chi connectivity index (χ0n) is 27.0. The van der Waals surface area contributed by atoms with E-state index >= 15 is 0 Å². The predicted molar refractivity (Wildman–Crippen MR) is 178 cm³/mol. The summed E-state index contributed by atoms with van der Waals surface area (Å²) in [4.78, 5) is 48.7. The number of nitrogens with zero attached hydrogens (tertiary/aromatic N) is 5. The van der Waals surface area contributed by atoms with Crippen LogP contribution >= 0.6 is 0 Å². The normalized spacial score (nSPS) is 11.7. The third-order valence-electron chi connectivity index (χ3n) is 7.62. The van der Waals surface area contributed by atoms with Gasteiger partial charge in [0.15, 0.2) is 11.4 Å². The number of carbonyl (C=O) groups excluding carboxylic acids is 3. The third-order valence-corrected chi connectivity index (χ3v) is 7.62. The van der Waals surface area contributed by atoms with Crippen molar-refractivity contribution in [1.29, 1.82) is 0 Å². The van der Waals surface area contributed by atoms with Gasteiger partial charge in [0, 0.05) is 31.0 Å². The van der Waals surface area contributed by atoms with Crippen LogP contribution in [-0.4, -0.2) is 57.4 Å². The Kier molecular flexibility index (Phi) is 10.7. The van der Waals surface area contributed by atoms with Gasteiger partial charge in [0.25, 0.3) is 5.91 Å². The Balaban J connectivity index is 1.33. The van der Waals surface area contributed by atoms with Crippen LogP contribution in [0, 0.1) is 0 Å². The summed E-state index contributed by atoms with van der Waals surface area (Å²) in [6.45, 7) is 6.54. The molecule has 47 heavy (non-hydrogen) atoms. The van der Waals surface area contributed by atoms with Gasteiger partial charge in [0.1, 0.15) is 11.6 Å². The minimum Gasteiger partial charge on any atom is -0.466 e. The summed E-state index contributed by atoms with van der Waals surface area (Å²) < 4.78 is 17.7. The Morgan fingerprint density at radius 1 is 1.04 bits per heavy atom. The maximum absolute atomic E-state index is 13.7. The molecule has 0 spiro atoms. The van der Waals surface area contributed by atoms with Crippen LogP contribution < -0.4 is 15.5 Å². The number of imidazole rings is 1. The van der Waals surface area contributed by atoms with Gasteiger partial charge in [-0.25, -0.2) is 14.8 Å². The average molecular weight is 642 g/mol. The summed E-state index contributed by atoms with van der Waals surface area (Å²) in [5.41, 5.74) is 3.19. The highest BCUT2D eigenvalue weighted by Crippen LogP contribution is 2.29. The van der Waals surface area contributed by atoms with Crippen LogP contribution in [0.4, 0.5) is 22.1 Å². The molecule has 13 heteroatoms. The van der Waals surface area contributed by atoms with Gasteiger partial charge in [-0.1, -0.05) is 31.0 Å². The summed E-state index contributed by atoms with van der Waals surface area (Å²) in [7, 11) is 1.92. The minimum absolute atomic E-state index is 0.0384. The van der Waals surface area contributed by atoms with Gasteiger partial charge in [-0.15, -0.1) is 0 Å². The molecule has 1 unspecified atom stereocenters. The van der Waals surface area contributed by atoms with Crippen LogP contribution in [0.15, 0.2) is 65.3 Å². The lowest BCUT2D eigenvalue weighted by molar-refractivity contribution is -0.142. The van der Waals surface area contributed by atoms with Crippen molar-refractivity contribution in [2.45, 2.75) is 52.5 Å². The number of nitrogens with one attached hydrogen (secondary N) is 2. The van der Waals surface area contributed by atoms with Crippen LogP contribution in [-0.2, 0) is 21.3 Å². The molecular weight excluding hydrogens is 602 g/mol. The number of aryl methyl sites for hydroxylation is 1. The van der Waals surface area contributed by atoms with Crippen molar-refractivity contribution in [3.05, 3.63) is 72.2 Å². The molecule has 1 atom stereocenters. The second-order valence-electron chi connectivity index (χ2n) is 11.0. The van der Waals surface area contributed by atoms with Crippen molar-refractivity contribution in [2.24, 2.45) is 7.05 Å². The van der Waals surface area contributed by atoms with Crippen LogP contribution in [0.1, 0.15) is 68.7 Å². The van der Waals surface area contributed by atoms with E-state index in [9.17, 15) is 14.4 Å². The molecule has 0 saturated heterocycles. The van der Waals surface area contributed by atoms with Crippen LogP contribution in [0.2, 0.25) is 0 Å². The van der Waals surface area contributed by atoms with Gasteiger partial charge < -0.3 is 23.9 Å². The second kappa shape index (κ2) is 15.2. The number of unbranched alkanes of at least 4 members (excludes halogenated alkanes) is 2. The average Bonchev–Trinajstić information content (AvgIpc) is 3.63. The number of amides is 2. The fourth-order valence-corrected chi connectivity index (χ4v) is 5.25. The van der Waals surface area contributed by atoms with E-state index in [1.54, 1.807) is 49.5 Å². The highest BCUT2D eigenvalue weighted by molar-refractivity contribution is 6.07. The lowest BCUT2D eigenvalue weighted by Crippen LogP contribution is -2.34. The number of anilines is 3. The molecule has 2 N–H and O–H groups in total. The van der Waals surface area contributed by atoms with Gasteiger partial charge in [-0.3, -0.25) is 19.8 Å². The van der Waals surface area contributed by atoms with Crippen LogP contribution in [0.3, 0.4) is 0 Å². The zero-order valence-corrected chi connectivity index (χ0v) is 27.0. The molecule has 3 aromatic heterocycles. The molecule has 13 nitrogen and oxygen atoms in total. The largest absolute Gasteiger partial charge is 0.466 e.